The van der Waals surface area contributed by atoms with Gasteiger partial charge >= 0.3 is 0 Å². The summed E-state index contributed by atoms with van der Waals surface area (Å²) in [7, 11) is 0. The average Bonchev–Trinajstić information content (AvgIpc) is 3.34. The molecule has 0 atom stereocenters. The maximum atomic E-state index is 13.2. The predicted octanol–water partition coefficient (Wildman–Crippen LogP) is 5.22. The highest BCUT2D eigenvalue weighted by molar-refractivity contribution is 7.99. The molecule has 0 bridgehead atoms. The maximum Gasteiger partial charge on any atom is 0.252 e. The minimum Gasteiger partial charge on any atom is -0.454 e. The molecule has 0 aliphatic carbocycles. The Morgan fingerprint density at radius 3 is 2.56 bits per heavy atom. The lowest BCUT2D eigenvalue weighted by molar-refractivity contribution is 0.0951. The van der Waals surface area contributed by atoms with Crippen molar-refractivity contribution in [3.63, 3.8) is 0 Å². The van der Waals surface area contributed by atoms with E-state index in [1.54, 1.807) is 42.6 Å². The van der Waals surface area contributed by atoms with Crippen LogP contribution in [0, 0.1) is 5.82 Å². The van der Waals surface area contributed by atoms with Gasteiger partial charge in [-0.3, -0.25) is 4.79 Å². The normalized spacial score (nSPS) is 11.8. The van der Waals surface area contributed by atoms with Crippen LogP contribution in [0.2, 0.25) is 0 Å². The van der Waals surface area contributed by atoms with Crippen LogP contribution in [0.25, 0.3) is 0 Å². The summed E-state index contributed by atoms with van der Waals surface area (Å²) in [5.74, 6) is 1.68. The molecule has 1 aliphatic heterocycles. The molecule has 0 unspecified atom stereocenters. The standard InChI is InChI=1S/C25H18FN3O4S/c26-18-4-8-20(9-5-18)34-25-24(27-11-12-28-25)33-19-6-2-17(3-7-19)23(30)29-14-16-1-10-21-22(13-16)32-15-31-21/h1-13H,14-15H2,(H,29,30). The Labute approximate surface area is 198 Å². The number of carbonyl (C=O) groups excluding carboxylic acids is 1. The van der Waals surface area contributed by atoms with Crippen LogP contribution in [0.5, 0.6) is 23.1 Å². The molecule has 4 aromatic rings. The molecule has 0 fully saturated rings. The van der Waals surface area contributed by atoms with E-state index in [0.717, 1.165) is 10.5 Å². The van der Waals surface area contributed by atoms with E-state index in [4.69, 9.17) is 14.2 Å². The lowest BCUT2D eigenvalue weighted by atomic mass is 10.1. The van der Waals surface area contributed by atoms with Crippen LogP contribution in [0.15, 0.2) is 89.0 Å². The molecule has 0 spiro atoms. The molecule has 9 heteroatoms. The predicted molar refractivity (Wildman–Crippen MR) is 123 cm³/mol. The molecule has 5 rings (SSSR count). The van der Waals surface area contributed by atoms with Gasteiger partial charge < -0.3 is 19.5 Å². The Morgan fingerprint density at radius 1 is 0.971 bits per heavy atom. The fourth-order valence-electron chi connectivity index (χ4n) is 3.19. The zero-order chi connectivity index (χ0) is 23.3. The highest BCUT2D eigenvalue weighted by atomic mass is 32.2. The Hall–Kier alpha value is -4.11. The lowest BCUT2D eigenvalue weighted by Gasteiger charge is -2.10. The second kappa shape index (κ2) is 9.80. The smallest absolute Gasteiger partial charge is 0.252 e. The van der Waals surface area contributed by atoms with Gasteiger partial charge in [-0.2, -0.15) is 0 Å². The summed E-state index contributed by atoms with van der Waals surface area (Å²) in [6.07, 6.45) is 3.09. The van der Waals surface area contributed by atoms with Crippen molar-refractivity contribution in [1.82, 2.24) is 15.3 Å². The number of nitrogens with one attached hydrogen (secondary N) is 1. The summed E-state index contributed by atoms with van der Waals surface area (Å²) < 4.78 is 29.7. The van der Waals surface area contributed by atoms with Gasteiger partial charge in [0.1, 0.15) is 11.6 Å². The summed E-state index contributed by atoms with van der Waals surface area (Å²) in [5.41, 5.74) is 1.40. The Bertz CT molecular complexity index is 1320. The third kappa shape index (κ3) is 5.10. The molecular formula is C25H18FN3O4S. The zero-order valence-corrected chi connectivity index (χ0v) is 18.5. The molecule has 1 aliphatic rings. The Kier molecular flexibility index (Phi) is 6.26. The van der Waals surface area contributed by atoms with Crippen LogP contribution >= 0.6 is 11.8 Å². The Morgan fingerprint density at radius 2 is 1.74 bits per heavy atom. The highest BCUT2D eigenvalue weighted by Crippen LogP contribution is 2.34. The maximum absolute atomic E-state index is 13.2. The monoisotopic (exact) mass is 475 g/mol. The van der Waals surface area contributed by atoms with Crippen LogP contribution in [0.4, 0.5) is 4.39 Å². The van der Waals surface area contributed by atoms with Crippen molar-refractivity contribution in [2.24, 2.45) is 0 Å². The van der Waals surface area contributed by atoms with Crippen LogP contribution < -0.4 is 19.5 Å². The van der Waals surface area contributed by atoms with Crippen molar-refractivity contribution in [2.75, 3.05) is 6.79 Å². The number of hydrogen-bond donors (Lipinski definition) is 1. The topological polar surface area (TPSA) is 82.6 Å². The van der Waals surface area contributed by atoms with Gasteiger partial charge in [-0.15, -0.1) is 0 Å². The van der Waals surface area contributed by atoms with Gasteiger partial charge in [0.2, 0.25) is 6.79 Å². The molecule has 0 saturated heterocycles. The van der Waals surface area contributed by atoms with Crippen LogP contribution in [0.1, 0.15) is 15.9 Å². The van der Waals surface area contributed by atoms with E-state index >= 15 is 0 Å². The number of rotatable bonds is 7. The quantitative estimate of drug-likeness (QED) is 0.393. The van der Waals surface area contributed by atoms with E-state index in [2.05, 4.69) is 15.3 Å². The minimum atomic E-state index is -0.306. The van der Waals surface area contributed by atoms with Crippen molar-refractivity contribution >= 4 is 17.7 Å². The minimum absolute atomic E-state index is 0.209. The second-order valence-electron chi connectivity index (χ2n) is 7.22. The summed E-state index contributed by atoms with van der Waals surface area (Å²) in [6.45, 7) is 0.567. The molecule has 0 radical (unpaired) electrons. The summed E-state index contributed by atoms with van der Waals surface area (Å²) in [5, 5.41) is 3.43. The second-order valence-corrected chi connectivity index (χ2v) is 8.28. The number of nitrogens with zero attached hydrogens (tertiary/aromatic N) is 2. The molecule has 2 heterocycles. The first-order valence-corrected chi connectivity index (χ1v) is 11.1. The zero-order valence-electron chi connectivity index (χ0n) is 17.7. The van der Waals surface area contributed by atoms with Gasteiger partial charge in [-0.1, -0.05) is 17.8 Å². The van der Waals surface area contributed by atoms with E-state index < -0.39 is 0 Å². The van der Waals surface area contributed by atoms with Crippen molar-refractivity contribution in [1.29, 1.82) is 0 Å². The van der Waals surface area contributed by atoms with E-state index in [1.807, 2.05) is 18.2 Å². The van der Waals surface area contributed by atoms with Crippen molar-refractivity contribution in [3.8, 4) is 23.1 Å². The third-order valence-electron chi connectivity index (χ3n) is 4.88. The van der Waals surface area contributed by atoms with Gasteiger partial charge in [-0.25, -0.2) is 14.4 Å². The Balaban J connectivity index is 1.21. The molecule has 1 aromatic heterocycles. The molecule has 1 N–H and O–H groups in total. The molecule has 1 amide bonds. The lowest BCUT2D eigenvalue weighted by Crippen LogP contribution is -2.22. The summed E-state index contributed by atoms with van der Waals surface area (Å²) in [6, 6.07) is 18.4. The van der Waals surface area contributed by atoms with E-state index in [0.29, 0.717) is 40.3 Å². The number of halogens is 1. The number of benzene rings is 3. The number of aromatic nitrogens is 2. The van der Waals surface area contributed by atoms with E-state index in [9.17, 15) is 9.18 Å². The van der Waals surface area contributed by atoms with Crippen molar-refractivity contribution in [3.05, 3.63) is 96.1 Å². The molecule has 0 saturated carbocycles. The first-order chi connectivity index (χ1) is 16.6. The molecule has 7 nitrogen and oxygen atoms in total. The molecule has 3 aromatic carbocycles. The third-order valence-corrected chi connectivity index (χ3v) is 5.86. The molecule has 170 valence electrons. The number of carbonyl (C=O) groups is 1. The number of ether oxygens (including phenoxy) is 3. The van der Waals surface area contributed by atoms with Gasteiger partial charge in [0.15, 0.2) is 16.5 Å². The number of amides is 1. The summed E-state index contributed by atoms with van der Waals surface area (Å²) in [4.78, 5) is 21.9. The number of hydrogen-bond acceptors (Lipinski definition) is 7. The van der Waals surface area contributed by atoms with E-state index in [1.165, 1.54) is 30.1 Å². The first kappa shape index (κ1) is 21.7. The number of fused-ring (bicyclic) bond motifs is 1. The van der Waals surface area contributed by atoms with Gasteiger partial charge in [-0.05, 0) is 66.2 Å². The fraction of sp³-hybridized carbons (Fsp3) is 0.0800. The SMILES string of the molecule is O=C(NCc1ccc2c(c1)OCO2)c1ccc(Oc2nccnc2Sc2ccc(F)cc2)cc1. The summed E-state index contributed by atoms with van der Waals surface area (Å²) >= 11 is 1.32. The first-order valence-electron chi connectivity index (χ1n) is 10.3. The van der Waals surface area contributed by atoms with Crippen molar-refractivity contribution in [2.45, 2.75) is 16.5 Å². The van der Waals surface area contributed by atoms with E-state index in [-0.39, 0.29) is 18.5 Å². The largest absolute Gasteiger partial charge is 0.454 e. The van der Waals surface area contributed by atoms with Crippen LogP contribution in [0.3, 0.4) is 0 Å². The van der Waals surface area contributed by atoms with Gasteiger partial charge in [0.25, 0.3) is 11.8 Å². The molecule has 34 heavy (non-hydrogen) atoms. The van der Waals surface area contributed by atoms with Gasteiger partial charge in [0, 0.05) is 29.4 Å². The van der Waals surface area contributed by atoms with Crippen LogP contribution in [-0.2, 0) is 6.54 Å². The average molecular weight is 476 g/mol. The van der Waals surface area contributed by atoms with Crippen LogP contribution in [-0.4, -0.2) is 22.7 Å². The van der Waals surface area contributed by atoms with Crippen molar-refractivity contribution < 1.29 is 23.4 Å². The molecular weight excluding hydrogens is 457 g/mol. The fourth-order valence-corrected chi connectivity index (χ4v) is 3.98. The van der Waals surface area contributed by atoms with Gasteiger partial charge in [0.05, 0.1) is 0 Å². The highest BCUT2D eigenvalue weighted by Gasteiger charge is 2.14.